The minimum atomic E-state index is -3.26. The molecule has 0 spiro atoms. The molecule has 6 heteroatoms. The van der Waals surface area contributed by atoms with Gasteiger partial charge >= 0.3 is 0 Å². The van der Waals surface area contributed by atoms with Crippen LogP contribution in [0, 0.1) is 0 Å². The van der Waals surface area contributed by atoms with Crippen LogP contribution in [-0.4, -0.2) is 27.8 Å². The van der Waals surface area contributed by atoms with Crippen LogP contribution in [0.5, 0.6) is 5.75 Å². The van der Waals surface area contributed by atoms with E-state index in [0.29, 0.717) is 30.3 Å². The second-order valence-electron chi connectivity index (χ2n) is 3.41. The van der Waals surface area contributed by atoms with Crippen molar-refractivity contribution in [2.75, 3.05) is 29.4 Å². The number of sulfonamides is 1. The number of hydrogen-bond donors (Lipinski definition) is 1. The first-order valence-corrected chi connectivity index (χ1v) is 6.33. The largest absolute Gasteiger partial charge is 0.489 e. The van der Waals surface area contributed by atoms with Crippen LogP contribution in [0.15, 0.2) is 18.2 Å². The molecule has 5 nitrogen and oxygen atoms in total. The van der Waals surface area contributed by atoms with Gasteiger partial charge in [-0.15, -0.1) is 0 Å². The maximum Gasteiger partial charge on any atom is 0.232 e. The molecule has 2 N–H and O–H groups in total. The van der Waals surface area contributed by atoms with Crippen molar-refractivity contribution in [1.29, 1.82) is 0 Å². The van der Waals surface area contributed by atoms with Crippen LogP contribution in [0.25, 0.3) is 0 Å². The van der Waals surface area contributed by atoms with Crippen molar-refractivity contribution >= 4 is 21.4 Å². The van der Waals surface area contributed by atoms with Crippen LogP contribution in [0.4, 0.5) is 11.4 Å². The highest BCUT2D eigenvalue weighted by atomic mass is 32.2. The number of benzene rings is 1. The minimum Gasteiger partial charge on any atom is -0.489 e. The molecule has 1 aliphatic heterocycles. The van der Waals surface area contributed by atoms with Gasteiger partial charge < -0.3 is 10.5 Å². The van der Waals surface area contributed by atoms with Crippen molar-refractivity contribution < 1.29 is 13.2 Å². The molecule has 0 saturated heterocycles. The first kappa shape index (κ1) is 10.1. The average Bonchev–Trinajstić information content (AvgIpc) is 2.15. The third kappa shape index (κ3) is 1.85. The van der Waals surface area contributed by atoms with Crippen molar-refractivity contribution in [1.82, 2.24) is 0 Å². The molecule has 15 heavy (non-hydrogen) atoms. The molecular weight excluding hydrogens is 216 g/mol. The van der Waals surface area contributed by atoms with Gasteiger partial charge in [0.2, 0.25) is 10.0 Å². The van der Waals surface area contributed by atoms with E-state index >= 15 is 0 Å². The Bertz CT molecular complexity index is 484. The Hall–Kier alpha value is -1.43. The van der Waals surface area contributed by atoms with Crippen molar-refractivity contribution in [2.24, 2.45) is 0 Å². The van der Waals surface area contributed by atoms with Crippen LogP contribution in [0.1, 0.15) is 0 Å². The molecular formula is C9H12N2O3S. The van der Waals surface area contributed by atoms with Gasteiger partial charge in [-0.2, -0.15) is 0 Å². The summed E-state index contributed by atoms with van der Waals surface area (Å²) in [4.78, 5) is 0. The Kier molecular flexibility index (Phi) is 2.22. The predicted octanol–water partition coefficient (Wildman–Crippen LogP) is 0.427. The van der Waals surface area contributed by atoms with Gasteiger partial charge in [0, 0.05) is 5.69 Å². The third-order valence-corrected chi connectivity index (χ3v) is 3.38. The van der Waals surface area contributed by atoms with E-state index in [9.17, 15) is 8.42 Å². The Balaban J connectivity index is 2.55. The molecule has 1 heterocycles. The molecule has 82 valence electrons. The van der Waals surface area contributed by atoms with E-state index in [2.05, 4.69) is 0 Å². The quantitative estimate of drug-likeness (QED) is 0.707. The maximum absolute atomic E-state index is 11.5. The summed E-state index contributed by atoms with van der Waals surface area (Å²) in [5.74, 6) is 0.556. The van der Waals surface area contributed by atoms with Crippen LogP contribution in [0.2, 0.25) is 0 Å². The molecule has 2 rings (SSSR count). The molecule has 0 aliphatic carbocycles. The van der Waals surface area contributed by atoms with Gasteiger partial charge in [-0.3, -0.25) is 4.31 Å². The van der Waals surface area contributed by atoms with E-state index in [4.69, 9.17) is 10.5 Å². The average molecular weight is 228 g/mol. The van der Waals surface area contributed by atoms with Gasteiger partial charge in [0.1, 0.15) is 12.4 Å². The Morgan fingerprint density at radius 3 is 2.87 bits per heavy atom. The van der Waals surface area contributed by atoms with Crippen LogP contribution >= 0.6 is 0 Å². The standard InChI is InChI=1S/C9H12N2O3S/c1-15(12,13)11-4-5-14-9-3-2-7(10)6-8(9)11/h2-3,6H,4-5,10H2,1H3. The summed E-state index contributed by atoms with van der Waals surface area (Å²) in [5.41, 5.74) is 6.65. The number of nitrogens with two attached hydrogens (primary N) is 1. The minimum absolute atomic E-state index is 0.329. The highest BCUT2D eigenvalue weighted by Crippen LogP contribution is 2.34. The van der Waals surface area contributed by atoms with E-state index in [0.717, 1.165) is 0 Å². The molecule has 0 bridgehead atoms. The van der Waals surface area contributed by atoms with Crippen molar-refractivity contribution in [3.8, 4) is 5.75 Å². The Morgan fingerprint density at radius 1 is 1.47 bits per heavy atom. The fourth-order valence-electron chi connectivity index (χ4n) is 1.55. The van der Waals surface area contributed by atoms with Crippen LogP contribution < -0.4 is 14.8 Å². The lowest BCUT2D eigenvalue weighted by atomic mass is 10.2. The van der Waals surface area contributed by atoms with E-state index in [1.54, 1.807) is 18.2 Å². The van der Waals surface area contributed by atoms with Gasteiger partial charge in [-0.25, -0.2) is 8.42 Å². The normalized spacial score (nSPS) is 15.7. The highest BCUT2D eigenvalue weighted by molar-refractivity contribution is 7.92. The number of nitrogen functional groups attached to an aromatic ring is 1. The molecule has 0 unspecified atom stereocenters. The lowest BCUT2D eigenvalue weighted by molar-refractivity contribution is 0.316. The summed E-state index contributed by atoms with van der Waals surface area (Å²) < 4.78 is 29.6. The number of rotatable bonds is 1. The summed E-state index contributed by atoms with van der Waals surface area (Å²) in [6.45, 7) is 0.694. The lowest BCUT2D eigenvalue weighted by Crippen LogP contribution is -2.37. The molecule has 0 aromatic heterocycles. The summed E-state index contributed by atoms with van der Waals surface area (Å²) >= 11 is 0. The van der Waals surface area contributed by atoms with Gasteiger partial charge in [0.15, 0.2) is 0 Å². The fourth-order valence-corrected chi connectivity index (χ4v) is 2.46. The second kappa shape index (κ2) is 3.30. The molecule has 1 aromatic carbocycles. The van der Waals surface area contributed by atoms with E-state index in [1.165, 1.54) is 10.6 Å². The number of hydrogen-bond acceptors (Lipinski definition) is 4. The third-order valence-electron chi connectivity index (χ3n) is 2.20. The predicted molar refractivity (Wildman–Crippen MR) is 58.5 cm³/mol. The zero-order chi connectivity index (χ0) is 11.1. The fraction of sp³-hybridized carbons (Fsp3) is 0.333. The summed E-state index contributed by atoms with van der Waals surface area (Å²) in [7, 11) is -3.26. The second-order valence-corrected chi connectivity index (χ2v) is 5.32. The van der Waals surface area contributed by atoms with E-state index < -0.39 is 10.0 Å². The van der Waals surface area contributed by atoms with Crippen molar-refractivity contribution in [3.63, 3.8) is 0 Å². The van der Waals surface area contributed by atoms with Crippen molar-refractivity contribution in [2.45, 2.75) is 0 Å². The summed E-state index contributed by atoms with van der Waals surface area (Å²) in [5, 5.41) is 0. The maximum atomic E-state index is 11.5. The van der Waals surface area contributed by atoms with Crippen LogP contribution in [-0.2, 0) is 10.0 Å². The van der Waals surface area contributed by atoms with Gasteiger partial charge in [-0.1, -0.05) is 0 Å². The number of anilines is 2. The highest BCUT2D eigenvalue weighted by Gasteiger charge is 2.24. The number of fused-ring (bicyclic) bond motifs is 1. The summed E-state index contributed by atoms with van der Waals surface area (Å²) in [6, 6.07) is 4.97. The van der Waals surface area contributed by atoms with E-state index in [-0.39, 0.29) is 0 Å². The molecule has 1 aromatic rings. The molecule has 0 fully saturated rings. The molecule has 0 saturated carbocycles. The first-order valence-electron chi connectivity index (χ1n) is 4.48. The molecule has 1 aliphatic rings. The molecule has 0 atom stereocenters. The van der Waals surface area contributed by atoms with Crippen molar-refractivity contribution in [3.05, 3.63) is 18.2 Å². The lowest BCUT2D eigenvalue weighted by Gasteiger charge is -2.29. The number of ether oxygens (including phenoxy) is 1. The zero-order valence-corrected chi connectivity index (χ0v) is 9.12. The molecule has 0 radical (unpaired) electrons. The smallest absolute Gasteiger partial charge is 0.232 e. The van der Waals surface area contributed by atoms with Crippen LogP contribution in [0.3, 0.4) is 0 Å². The van der Waals surface area contributed by atoms with Gasteiger partial charge in [-0.05, 0) is 18.2 Å². The summed E-state index contributed by atoms with van der Waals surface area (Å²) in [6.07, 6.45) is 1.17. The Labute approximate surface area is 88.5 Å². The monoisotopic (exact) mass is 228 g/mol. The van der Waals surface area contributed by atoms with Gasteiger partial charge in [0.25, 0.3) is 0 Å². The first-order chi connectivity index (χ1) is 6.98. The molecule has 0 amide bonds. The topological polar surface area (TPSA) is 72.6 Å². The zero-order valence-electron chi connectivity index (χ0n) is 8.30. The van der Waals surface area contributed by atoms with E-state index in [1.807, 2.05) is 0 Å². The van der Waals surface area contributed by atoms with Gasteiger partial charge in [0.05, 0.1) is 18.5 Å². The Morgan fingerprint density at radius 2 is 2.20 bits per heavy atom. The SMILES string of the molecule is CS(=O)(=O)N1CCOc2ccc(N)cc21. The number of nitrogens with zero attached hydrogens (tertiary/aromatic N) is 1.